The molecule has 1 N–H and O–H groups in total. The lowest BCUT2D eigenvalue weighted by molar-refractivity contribution is 0.202. The van der Waals surface area contributed by atoms with E-state index in [1.807, 2.05) is 0 Å². The van der Waals surface area contributed by atoms with Crippen LogP contribution in [0.3, 0.4) is 0 Å². The van der Waals surface area contributed by atoms with Crippen LogP contribution in [0.1, 0.15) is 6.42 Å². The van der Waals surface area contributed by atoms with Crippen LogP contribution in [0.4, 0.5) is 0 Å². The monoisotopic (exact) mass is 261 g/mol. The van der Waals surface area contributed by atoms with Gasteiger partial charge in [0.15, 0.2) is 0 Å². The second kappa shape index (κ2) is 5.37. The van der Waals surface area contributed by atoms with Gasteiger partial charge in [0.1, 0.15) is 6.10 Å². The van der Waals surface area contributed by atoms with Crippen molar-refractivity contribution < 1.29 is 4.74 Å². The van der Waals surface area contributed by atoms with E-state index < -0.39 is 0 Å². The number of hydrogen-bond donors (Lipinski definition) is 1. The van der Waals surface area contributed by atoms with Crippen LogP contribution in [0.2, 0.25) is 0 Å². The van der Waals surface area contributed by atoms with E-state index in [0.717, 1.165) is 24.1 Å². The molecule has 2 rings (SSSR count). The van der Waals surface area contributed by atoms with Crippen LogP contribution in [0.5, 0.6) is 5.88 Å². The van der Waals surface area contributed by atoms with Gasteiger partial charge in [0.2, 0.25) is 5.88 Å². The fraction of sp³-hybridized carbons (Fsp3) is 0.600. The van der Waals surface area contributed by atoms with Crippen LogP contribution in [0.15, 0.2) is 15.7 Å². The standard InChI is InChI=1S/C10H15N3O3.ClH/c1-12-8(14)5-9(13(2)10(12)15)16-7-3-4-11-6-7;/h5,7,11H,3-4,6H2,1-2H3;1H. The lowest BCUT2D eigenvalue weighted by Gasteiger charge is -2.15. The second-order valence-corrected chi connectivity index (χ2v) is 3.95. The van der Waals surface area contributed by atoms with Gasteiger partial charge in [0, 0.05) is 20.6 Å². The van der Waals surface area contributed by atoms with Crippen molar-refractivity contribution in [3.8, 4) is 5.88 Å². The Morgan fingerprint density at radius 3 is 2.65 bits per heavy atom. The zero-order valence-electron chi connectivity index (χ0n) is 9.80. The van der Waals surface area contributed by atoms with E-state index >= 15 is 0 Å². The Kier molecular flexibility index (Phi) is 4.36. The van der Waals surface area contributed by atoms with Crippen LogP contribution in [-0.4, -0.2) is 28.3 Å². The number of rotatable bonds is 2. The van der Waals surface area contributed by atoms with Crippen LogP contribution in [0, 0.1) is 0 Å². The van der Waals surface area contributed by atoms with E-state index in [9.17, 15) is 9.59 Å². The lowest BCUT2D eigenvalue weighted by Crippen LogP contribution is -2.37. The summed E-state index contributed by atoms with van der Waals surface area (Å²) in [6, 6.07) is 1.35. The van der Waals surface area contributed by atoms with Crippen molar-refractivity contribution in [3.05, 3.63) is 26.9 Å². The fourth-order valence-corrected chi connectivity index (χ4v) is 1.73. The van der Waals surface area contributed by atoms with Crippen molar-refractivity contribution in [2.75, 3.05) is 13.1 Å². The maximum Gasteiger partial charge on any atom is 0.333 e. The summed E-state index contributed by atoms with van der Waals surface area (Å²) in [5.41, 5.74) is -0.711. The summed E-state index contributed by atoms with van der Waals surface area (Å²) < 4.78 is 8.01. The fourth-order valence-electron chi connectivity index (χ4n) is 1.73. The Bertz CT molecular complexity index is 502. The summed E-state index contributed by atoms with van der Waals surface area (Å²) in [6.45, 7) is 1.66. The largest absolute Gasteiger partial charge is 0.474 e. The minimum atomic E-state index is -0.367. The molecule has 1 aliphatic rings. The molecule has 0 radical (unpaired) electrons. The lowest BCUT2D eigenvalue weighted by atomic mass is 10.3. The van der Waals surface area contributed by atoms with Crippen LogP contribution in [-0.2, 0) is 14.1 Å². The van der Waals surface area contributed by atoms with Crippen molar-refractivity contribution in [1.29, 1.82) is 0 Å². The number of halogens is 1. The molecule has 1 saturated heterocycles. The summed E-state index contributed by atoms with van der Waals surface area (Å²) in [7, 11) is 3.05. The number of hydrogen-bond acceptors (Lipinski definition) is 4. The maximum atomic E-state index is 11.6. The molecule has 17 heavy (non-hydrogen) atoms. The third-order valence-corrected chi connectivity index (χ3v) is 2.78. The first-order valence-electron chi connectivity index (χ1n) is 5.24. The molecule has 1 aliphatic heterocycles. The molecule has 1 fully saturated rings. The van der Waals surface area contributed by atoms with E-state index in [-0.39, 0.29) is 29.8 Å². The molecule has 0 saturated carbocycles. The zero-order valence-corrected chi connectivity index (χ0v) is 10.6. The van der Waals surface area contributed by atoms with Crippen molar-refractivity contribution >= 4 is 12.4 Å². The second-order valence-electron chi connectivity index (χ2n) is 3.95. The molecule has 1 aromatic heterocycles. The highest BCUT2D eigenvalue weighted by Gasteiger charge is 2.18. The van der Waals surface area contributed by atoms with Gasteiger partial charge in [-0.2, -0.15) is 0 Å². The molecular weight excluding hydrogens is 246 g/mol. The first kappa shape index (κ1) is 13.8. The zero-order chi connectivity index (χ0) is 11.7. The van der Waals surface area contributed by atoms with Crippen LogP contribution < -0.4 is 21.3 Å². The van der Waals surface area contributed by atoms with Crippen molar-refractivity contribution in [2.45, 2.75) is 12.5 Å². The molecule has 1 unspecified atom stereocenters. The normalized spacial score (nSPS) is 18.8. The van der Waals surface area contributed by atoms with Gasteiger partial charge in [0.05, 0.1) is 6.07 Å². The van der Waals surface area contributed by atoms with Gasteiger partial charge in [-0.05, 0) is 13.0 Å². The third kappa shape index (κ3) is 2.70. The molecule has 0 amide bonds. The van der Waals surface area contributed by atoms with Gasteiger partial charge >= 0.3 is 5.69 Å². The molecule has 0 aromatic carbocycles. The number of nitrogens with zero attached hydrogens (tertiary/aromatic N) is 2. The molecule has 0 aliphatic carbocycles. The molecule has 6 nitrogen and oxygen atoms in total. The smallest absolute Gasteiger partial charge is 0.333 e. The van der Waals surface area contributed by atoms with E-state index in [2.05, 4.69) is 5.32 Å². The summed E-state index contributed by atoms with van der Waals surface area (Å²) in [4.78, 5) is 23.1. The Morgan fingerprint density at radius 2 is 2.06 bits per heavy atom. The Morgan fingerprint density at radius 1 is 1.35 bits per heavy atom. The van der Waals surface area contributed by atoms with Crippen molar-refractivity contribution in [1.82, 2.24) is 14.5 Å². The van der Waals surface area contributed by atoms with Gasteiger partial charge in [-0.25, -0.2) is 4.79 Å². The predicted octanol–water partition coefficient (Wildman–Crippen LogP) is -0.754. The molecule has 2 heterocycles. The van der Waals surface area contributed by atoms with Gasteiger partial charge in [-0.3, -0.25) is 13.9 Å². The quantitative estimate of drug-likeness (QED) is 0.761. The van der Waals surface area contributed by atoms with Gasteiger partial charge < -0.3 is 10.1 Å². The summed E-state index contributed by atoms with van der Waals surface area (Å²) in [5.74, 6) is 0.335. The number of nitrogens with one attached hydrogen (secondary N) is 1. The van der Waals surface area contributed by atoms with E-state index in [4.69, 9.17) is 4.74 Å². The summed E-state index contributed by atoms with van der Waals surface area (Å²) >= 11 is 0. The van der Waals surface area contributed by atoms with Crippen LogP contribution >= 0.6 is 12.4 Å². The molecular formula is C10H16ClN3O3. The highest BCUT2D eigenvalue weighted by Crippen LogP contribution is 2.10. The van der Waals surface area contributed by atoms with E-state index in [0.29, 0.717) is 5.88 Å². The SMILES string of the molecule is Cl.Cn1c(OC2CCNC2)cc(=O)n(C)c1=O. The van der Waals surface area contributed by atoms with E-state index in [1.54, 1.807) is 7.05 Å². The first-order valence-corrected chi connectivity index (χ1v) is 5.24. The van der Waals surface area contributed by atoms with Crippen molar-refractivity contribution in [3.63, 3.8) is 0 Å². The summed E-state index contributed by atoms with van der Waals surface area (Å²) in [6.07, 6.45) is 0.932. The molecule has 1 atom stereocenters. The summed E-state index contributed by atoms with van der Waals surface area (Å²) in [5, 5.41) is 3.16. The predicted molar refractivity (Wildman–Crippen MR) is 66.1 cm³/mol. The highest BCUT2D eigenvalue weighted by atomic mass is 35.5. The average Bonchev–Trinajstić information content (AvgIpc) is 2.76. The minimum absolute atomic E-state index is 0. The van der Waals surface area contributed by atoms with Crippen molar-refractivity contribution in [2.24, 2.45) is 14.1 Å². The molecule has 1 aromatic rings. The number of aromatic nitrogens is 2. The first-order chi connectivity index (χ1) is 7.59. The maximum absolute atomic E-state index is 11.6. The highest BCUT2D eigenvalue weighted by molar-refractivity contribution is 5.85. The topological polar surface area (TPSA) is 65.3 Å². The Balaban J connectivity index is 0.00000144. The van der Waals surface area contributed by atoms with Gasteiger partial charge in [-0.15, -0.1) is 12.4 Å². The Hall–Kier alpha value is -1.27. The number of ether oxygens (including phenoxy) is 1. The van der Waals surface area contributed by atoms with E-state index in [1.165, 1.54) is 17.7 Å². The van der Waals surface area contributed by atoms with Crippen LogP contribution in [0.25, 0.3) is 0 Å². The average molecular weight is 262 g/mol. The molecule has 0 bridgehead atoms. The Labute approximate surface area is 105 Å². The molecule has 7 heteroatoms. The third-order valence-electron chi connectivity index (χ3n) is 2.78. The minimum Gasteiger partial charge on any atom is -0.474 e. The van der Waals surface area contributed by atoms with Gasteiger partial charge in [0.25, 0.3) is 5.56 Å². The molecule has 96 valence electrons. The van der Waals surface area contributed by atoms with Gasteiger partial charge in [-0.1, -0.05) is 0 Å². The molecule has 0 spiro atoms.